The molecule has 1 spiro atoms. The summed E-state index contributed by atoms with van der Waals surface area (Å²) in [4.78, 5) is 23.7. The van der Waals surface area contributed by atoms with Crippen molar-refractivity contribution in [3.05, 3.63) is 29.8 Å². The summed E-state index contributed by atoms with van der Waals surface area (Å²) in [6.07, 6.45) is 5.52. The first kappa shape index (κ1) is 16.8. The van der Waals surface area contributed by atoms with Crippen LogP contribution in [0.25, 0.3) is 0 Å². The normalized spacial score (nSPS) is 21.6. The van der Waals surface area contributed by atoms with Gasteiger partial charge in [-0.3, -0.25) is 0 Å². The Kier molecular flexibility index (Phi) is 5.04. The van der Waals surface area contributed by atoms with E-state index in [-0.39, 0.29) is 23.6 Å². The zero-order chi connectivity index (χ0) is 17.0. The maximum absolute atomic E-state index is 12.1. The summed E-state index contributed by atoms with van der Waals surface area (Å²) in [5.74, 6) is -0.363. The fourth-order valence-corrected chi connectivity index (χ4v) is 3.56. The van der Waals surface area contributed by atoms with Crippen LogP contribution < -0.4 is 10.6 Å². The highest BCUT2D eigenvalue weighted by Crippen LogP contribution is 2.40. The van der Waals surface area contributed by atoms with Gasteiger partial charge in [0.25, 0.3) is 0 Å². The fraction of sp³-hybridized carbons (Fsp3) is 0.556. The molecule has 0 radical (unpaired) electrons. The summed E-state index contributed by atoms with van der Waals surface area (Å²) in [6, 6.07) is 6.47. The lowest BCUT2D eigenvalue weighted by Crippen LogP contribution is -2.39. The van der Waals surface area contributed by atoms with E-state index >= 15 is 0 Å². The van der Waals surface area contributed by atoms with Crippen molar-refractivity contribution in [1.29, 1.82) is 0 Å². The van der Waals surface area contributed by atoms with Gasteiger partial charge in [-0.1, -0.05) is 12.8 Å². The van der Waals surface area contributed by atoms with Crippen molar-refractivity contribution in [2.45, 2.75) is 50.7 Å². The zero-order valence-corrected chi connectivity index (χ0v) is 14.0. The number of hydrogen-bond donors (Lipinski definition) is 2. The Hall–Kier alpha value is -2.08. The van der Waals surface area contributed by atoms with E-state index < -0.39 is 0 Å². The predicted octanol–water partition coefficient (Wildman–Crippen LogP) is 3.09. The van der Waals surface area contributed by atoms with Crippen molar-refractivity contribution in [1.82, 2.24) is 5.32 Å². The quantitative estimate of drug-likeness (QED) is 0.831. The molecular weight excluding hydrogens is 308 g/mol. The lowest BCUT2D eigenvalue weighted by molar-refractivity contribution is 0.00998. The van der Waals surface area contributed by atoms with Crippen molar-refractivity contribution >= 4 is 17.7 Å². The molecule has 2 fully saturated rings. The van der Waals surface area contributed by atoms with Crippen LogP contribution in [0.1, 0.15) is 49.4 Å². The average Bonchev–Trinajstić information content (AvgIpc) is 3.18. The maximum Gasteiger partial charge on any atom is 0.338 e. The molecule has 6 nitrogen and oxygen atoms in total. The third-order valence-electron chi connectivity index (χ3n) is 4.71. The molecule has 2 N–H and O–H groups in total. The molecule has 0 unspecified atom stereocenters. The molecule has 1 aromatic rings. The lowest BCUT2D eigenvalue weighted by Gasteiger charge is -2.21. The van der Waals surface area contributed by atoms with Crippen molar-refractivity contribution in [2.75, 3.05) is 18.5 Å². The molecule has 6 heteroatoms. The van der Waals surface area contributed by atoms with Gasteiger partial charge in [-0.05, 0) is 50.5 Å². The monoisotopic (exact) mass is 332 g/mol. The number of anilines is 1. The minimum atomic E-state index is -0.363. The van der Waals surface area contributed by atoms with Gasteiger partial charge in [0.15, 0.2) is 0 Å². The van der Waals surface area contributed by atoms with Crippen molar-refractivity contribution in [3.63, 3.8) is 0 Å². The van der Waals surface area contributed by atoms with Gasteiger partial charge in [-0.25, -0.2) is 9.59 Å². The first-order valence-corrected chi connectivity index (χ1v) is 8.59. The number of amides is 2. The van der Waals surface area contributed by atoms with E-state index in [1.807, 2.05) is 0 Å². The summed E-state index contributed by atoms with van der Waals surface area (Å²) in [6.45, 7) is 2.68. The van der Waals surface area contributed by atoms with Crippen LogP contribution in [0.5, 0.6) is 0 Å². The van der Waals surface area contributed by atoms with Crippen LogP contribution in [-0.2, 0) is 9.47 Å². The number of esters is 1. The molecule has 1 aliphatic heterocycles. The predicted molar refractivity (Wildman–Crippen MR) is 90.1 cm³/mol. The van der Waals surface area contributed by atoms with E-state index in [0.29, 0.717) is 24.5 Å². The van der Waals surface area contributed by atoms with Gasteiger partial charge < -0.3 is 20.1 Å². The molecular formula is C18H24N2O4. The molecule has 2 amide bonds. The molecule has 1 atom stereocenters. The van der Waals surface area contributed by atoms with E-state index in [4.69, 9.17) is 9.47 Å². The summed E-state index contributed by atoms with van der Waals surface area (Å²) < 4.78 is 10.9. The van der Waals surface area contributed by atoms with Crippen LogP contribution >= 0.6 is 0 Å². The highest BCUT2D eigenvalue weighted by Gasteiger charge is 2.42. The van der Waals surface area contributed by atoms with Crippen molar-refractivity contribution < 1.29 is 19.1 Å². The second-order valence-electron chi connectivity index (χ2n) is 6.50. The number of carbonyl (C=O) groups excluding carboxylic acids is 2. The molecule has 24 heavy (non-hydrogen) atoms. The summed E-state index contributed by atoms with van der Waals surface area (Å²) in [5.41, 5.74) is 1.10. The molecule has 1 saturated heterocycles. The average molecular weight is 332 g/mol. The van der Waals surface area contributed by atoms with E-state index in [2.05, 4.69) is 10.6 Å². The van der Waals surface area contributed by atoms with Crippen LogP contribution in [0.2, 0.25) is 0 Å². The van der Waals surface area contributed by atoms with Gasteiger partial charge in [-0.15, -0.1) is 0 Å². The molecule has 0 aromatic heterocycles. The molecule has 2 aliphatic rings. The Balaban J connectivity index is 1.49. The minimum Gasteiger partial charge on any atom is -0.462 e. The summed E-state index contributed by atoms with van der Waals surface area (Å²) >= 11 is 0. The van der Waals surface area contributed by atoms with Gasteiger partial charge in [0.05, 0.1) is 30.4 Å². The number of ether oxygens (including phenoxy) is 2. The summed E-state index contributed by atoms with van der Waals surface area (Å²) in [5, 5.41) is 5.76. The molecule has 1 saturated carbocycles. The third kappa shape index (κ3) is 3.87. The smallest absolute Gasteiger partial charge is 0.338 e. The Morgan fingerprint density at radius 1 is 1.25 bits per heavy atom. The molecule has 1 heterocycles. The third-order valence-corrected chi connectivity index (χ3v) is 4.71. The number of carbonyl (C=O) groups is 2. The SMILES string of the molecule is CCOC(=O)c1ccc(NC(=O)N[C@H]2COC3(CCCC3)C2)cc1. The van der Waals surface area contributed by atoms with Crippen molar-refractivity contribution in [3.8, 4) is 0 Å². The second-order valence-corrected chi connectivity index (χ2v) is 6.50. The lowest BCUT2D eigenvalue weighted by atomic mass is 9.96. The Morgan fingerprint density at radius 2 is 1.96 bits per heavy atom. The number of benzene rings is 1. The van der Waals surface area contributed by atoms with Gasteiger partial charge in [0.1, 0.15) is 0 Å². The van der Waals surface area contributed by atoms with Crippen LogP contribution in [0.3, 0.4) is 0 Å². The number of rotatable bonds is 4. The van der Waals surface area contributed by atoms with Crippen LogP contribution in [0, 0.1) is 0 Å². The topological polar surface area (TPSA) is 76.7 Å². The largest absolute Gasteiger partial charge is 0.462 e. The molecule has 1 aliphatic carbocycles. The molecule has 130 valence electrons. The molecule has 0 bridgehead atoms. The number of nitrogens with one attached hydrogen (secondary N) is 2. The number of hydrogen-bond acceptors (Lipinski definition) is 4. The van der Waals surface area contributed by atoms with Crippen LogP contribution in [0.15, 0.2) is 24.3 Å². The fourth-order valence-electron chi connectivity index (χ4n) is 3.56. The van der Waals surface area contributed by atoms with Crippen LogP contribution in [0.4, 0.5) is 10.5 Å². The van der Waals surface area contributed by atoms with E-state index in [1.54, 1.807) is 31.2 Å². The first-order chi connectivity index (χ1) is 11.6. The number of urea groups is 1. The highest BCUT2D eigenvalue weighted by atomic mass is 16.5. The minimum absolute atomic E-state index is 0.000760. The van der Waals surface area contributed by atoms with Gasteiger partial charge in [-0.2, -0.15) is 0 Å². The molecule has 1 aromatic carbocycles. The molecule has 3 rings (SSSR count). The highest BCUT2D eigenvalue weighted by molar-refractivity contribution is 5.92. The van der Waals surface area contributed by atoms with E-state index in [1.165, 1.54) is 12.8 Å². The van der Waals surface area contributed by atoms with Gasteiger partial charge in [0.2, 0.25) is 0 Å². The maximum atomic E-state index is 12.1. The van der Waals surface area contributed by atoms with Gasteiger partial charge in [0, 0.05) is 5.69 Å². The Bertz CT molecular complexity index is 594. The van der Waals surface area contributed by atoms with Crippen LogP contribution in [-0.4, -0.2) is 36.9 Å². The Labute approximate surface area is 141 Å². The first-order valence-electron chi connectivity index (χ1n) is 8.59. The van der Waals surface area contributed by atoms with Gasteiger partial charge >= 0.3 is 12.0 Å². The van der Waals surface area contributed by atoms with Crippen molar-refractivity contribution in [2.24, 2.45) is 0 Å². The standard InChI is InChI=1S/C18H24N2O4/c1-2-23-16(21)13-5-7-14(8-6-13)19-17(22)20-15-11-18(24-12-15)9-3-4-10-18/h5-8,15H,2-4,9-12H2,1H3,(H2,19,20,22)/t15-/m1/s1. The van der Waals surface area contributed by atoms with E-state index in [0.717, 1.165) is 19.3 Å². The second kappa shape index (κ2) is 7.21. The zero-order valence-electron chi connectivity index (χ0n) is 14.0. The van der Waals surface area contributed by atoms with E-state index in [9.17, 15) is 9.59 Å². The Morgan fingerprint density at radius 3 is 2.62 bits per heavy atom. The summed E-state index contributed by atoms with van der Waals surface area (Å²) in [7, 11) is 0.